The molecule has 0 bridgehead atoms. The van der Waals surface area contributed by atoms with Crippen molar-refractivity contribution in [2.75, 3.05) is 13.1 Å². The van der Waals surface area contributed by atoms with Crippen LogP contribution in [0.3, 0.4) is 0 Å². The van der Waals surface area contributed by atoms with E-state index in [1.807, 2.05) is 6.20 Å². The zero-order chi connectivity index (χ0) is 11.7. The average Bonchev–Trinajstić information content (AvgIpc) is 2.75. The van der Waals surface area contributed by atoms with E-state index >= 15 is 0 Å². The lowest BCUT2D eigenvalue weighted by Crippen LogP contribution is -2.30. The van der Waals surface area contributed by atoms with Gasteiger partial charge in [0.15, 0.2) is 0 Å². The fourth-order valence-electron chi connectivity index (χ4n) is 2.55. The molecule has 1 aromatic carbocycles. The molecule has 1 N–H and O–H groups in total. The molecule has 0 saturated carbocycles. The number of benzene rings is 1. The molecule has 0 atom stereocenters. The predicted octanol–water partition coefficient (Wildman–Crippen LogP) is 2.80. The minimum absolute atomic E-state index is 0.756. The molecular formula is C13H16BrN3. The molecule has 0 radical (unpaired) electrons. The topological polar surface area (TPSA) is 29.9 Å². The first-order chi connectivity index (χ1) is 8.34. The van der Waals surface area contributed by atoms with Crippen molar-refractivity contribution in [2.45, 2.75) is 19.4 Å². The molecule has 1 saturated heterocycles. The second-order valence-corrected chi connectivity index (χ2v) is 5.55. The summed E-state index contributed by atoms with van der Waals surface area (Å²) in [7, 11) is 0. The van der Waals surface area contributed by atoms with Crippen LogP contribution in [0.5, 0.6) is 0 Å². The second-order valence-electron chi connectivity index (χ2n) is 4.70. The van der Waals surface area contributed by atoms with Crippen molar-refractivity contribution in [1.82, 2.24) is 15.1 Å². The third-order valence-electron chi connectivity index (χ3n) is 3.50. The third-order valence-corrected chi connectivity index (χ3v) is 4.14. The average molecular weight is 294 g/mol. The van der Waals surface area contributed by atoms with Crippen LogP contribution in [0.15, 0.2) is 28.9 Å². The van der Waals surface area contributed by atoms with Crippen molar-refractivity contribution in [3.05, 3.63) is 28.9 Å². The summed E-state index contributed by atoms with van der Waals surface area (Å²) >= 11 is 3.62. The summed E-state index contributed by atoms with van der Waals surface area (Å²) in [5.41, 5.74) is 1.23. The fourth-order valence-corrected chi connectivity index (χ4v) is 3.13. The summed E-state index contributed by atoms with van der Waals surface area (Å²) in [5, 5.41) is 9.14. The Morgan fingerprint density at radius 3 is 3.00 bits per heavy atom. The molecule has 1 fully saturated rings. The van der Waals surface area contributed by atoms with Crippen molar-refractivity contribution in [2.24, 2.45) is 5.92 Å². The molecule has 1 aromatic heterocycles. The van der Waals surface area contributed by atoms with Crippen LogP contribution in [-0.2, 0) is 6.54 Å². The third kappa shape index (κ3) is 2.24. The van der Waals surface area contributed by atoms with Gasteiger partial charge in [0.25, 0.3) is 0 Å². The van der Waals surface area contributed by atoms with Gasteiger partial charge < -0.3 is 5.32 Å². The van der Waals surface area contributed by atoms with Crippen LogP contribution >= 0.6 is 15.9 Å². The van der Waals surface area contributed by atoms with Crippen molar-refractivity contribution in [3.8, 4) is 0 Å². The summed E-state index contributed by atoms with van der Waals surface area (Å²) in [4.78, 5) is 0. The lowest BCUT2D eigenvalue weighted by Gasteiger charge is -2.22. The van der Waals surface area contributed by atoms with E-state index in [0.717, 1.165) is 30.0 Å². The van der Waals surface area contributed by atoms with Crippen molar-refractivity contribution >= 4 is 26.8 Å². The Hall–Kier alpha value is -0.870. The molecule has 17 heavy (non-hydrogen) atoms. The number of para-hydroxylation sites is 1. The highest BCUT2D eigenvalue weighted by Gasteiger charge is 2.15. The van der Waals surface area contributed by atoms with Gasteiger partial charge in [0.05, 0.1) is 11.7 Å². The monoisotopic (exact) mass is 293 g/mol. The van der Waals surface area contributed by atoms with Gasteiger partial charge in [-0.25, -0.2) is 0 Å². The Morgan fingerprint density at radius 1 is 1.35 bits per heavy atom. The van der Waals surface area contributed by atoms with Crippen LogP contribution < -0.4 is 5.32 Å². The number of hydrogen-bond acceptors (Lipinski definition) is 2. The lowest BCUT2D eigenvalue weighted by molar-refractivity contribution is 0.325. The molecule has 3 nitrogen and oxygen atoms in total. The van der Waals surface area contributed by atoms with Crippen molar-refractivity contribution in [3.63, 3.8) is 0 Å². The van der Waals surface area contributed by atoms with E-state index in [2.05, 4.69) is 49.2 Å². The molecule has 1 aliphatic rings. The quantitative estimate of drug-likeness (QED) is 0.923. The zero-order valence-corrected chi connectivity index (χ0v) is 11.3. The van der Waals surface area contributed by atoms with E-state index in [-0.39, 0.29) is 0 Å². The van der Waals surface area contributed by atoms with Gasteiger partial charge in [-0.05, 0) is 53.8 Å². The van der Waals surface area contributed by atoms with E-state index in [0.29, 0.717) is 0 Å². The van der Waals surface area contributed by atoms with Gasteiger partial charge in [0.1, 0.15) is 0 Å². The van der Waals surface area contributed by atoms with Gasteiger partial charge in [-0.3, -0.25) is 4.68 Å². The second kappa shape index (κ2) is 4.78. The number of hydrogen-bond donors (Lipinski definition) is 1. The maximum absolute atomic E-state index is 4.52. The Labute approximate surface area is 109 Å². The maximum Gasteiger partial charge on any atom is 0.0824 e. The molecule has 2 aromatic rings. The Bertz CT molecular complexity index is 514. The van der Waals surface area contributed by atoms with Gasteiger partial charge in [-0.2, -0.15) is 5.10 Å². The number of rotatable bonds is 2. The number of nitrogens with one attached hydrogen (secondary N) is 1. The summed E-state index contributed by atoms with van der Waals surface area (Å²) in [6.07, 6.45) is 4.47. The minimum Gasteiger partial charge on any atom is -0.317 e. The first-order valence-corrected chi connectivity index (χ1v) is 6.94. The molecule has 4 heteroatoms. The fraction of sp³-hybridized carbons (Fsp3) is 0.462. The standard InChI is InChI=1S/C13H16BrN3/c14-12-3-1-2-11-8-16-17(13(11)12)9-10-4-6-15-7-5-10/h1-3,8,10,15H,4-7,9H2. The van der Waals surface area contributed by atoms with Crippen molar-refractivity contribution in [1.29, 1.82) is 0 Å². The molecule has 0 unspecified atom stereocenters. The normalized spacial score (nSPS) is 17.7. The van der Waals surface area contributed by atoms with Crippen LogP contribution in [0.25, 0.3) is 10.9 Å². The molecule has 0 aliphatic carbocycles. The van der Waals surface area contributed by atoms with E-state index < -0.39 is 0 Å². The van der Waals surface area contributed by atoms with Crippen LogP contribution in [0.2, 0.25) is 0 Å². The zero-order valence-electron chi connectivity index (χ0n) is 9.69. The Morgan fingerprint density at radius 2 is 2.18 bits per heavy atom. The first kappa shape index (κ1) is 11.2. The maximum atomic E-state index is 4.52. The Kier molecular flexibility index (Phi) is 3.16. The molecule has 2 heterocycles. The van der Waals surface area contributed by atoms with E-state index in [1.54, 1.807) is 0 Å². The largest absolute Gasteiger partial charge is 0.317 e. The van der Waals surface area contributed by atoms with Crippen molar-refractivity contribution < 1.29 is 0 Å². The van der Waals surface area contributed by atoms with Gasteiger partial charge in [0.2, 0.25) is 0 Å². The van der Waals surface area contributed by atoms with E-state index in [9.17, 15) is 0 Å². The van der Waals surface area contributed by atoms with Crippen LogP contribution in [-0.4, -0.2) is 22.9 Å². The van der Waals surface area contributed by atoms with Crippen LogP contribution in [0, 0.1) is 5.92 Å². The highest BCUT2D eigenvalue weighted by molar-refractivity contribution is 9.10. The molecule has 0 spiro atoms. The number of piperidine rings is 1. The number of aromatic nitrogens is 2. The van der Waals surface area contributed by atoms with Crippen LogP contribution in [0.1, 0.15) is 12.8 Å². The number of fused-ring (bicyclic) bond motifs is 1. The molecule has 0 amide bonds. The predicted molar refractivity (Wildman–Crippen MR) is 73.0 cm³/mol. The van der Waals surface area contributed by atoms with Gasteiger partial charge >= 0.3 is 0 Å². The van der Waals surface area contributed by atoms with E-state index in [1.165, 1.54) is 23.7 Å². The van der Waals surface area contributed by atoms with Gasteiger partial charge in [-0.1, -0.05) is 12.1 Å². The summed E-state index contributed by atoms with van der Waals surface area (Å²) in [5.74, 6) is 0.756. The molecule has 1 aliphatic heterocycles. The smallest absolute Gasteiger partial charge is 0.0824 e. The number of nitrogens with zero attached hydrogens (tertiary/aromatic N) is 2. The number of halogens is 1. The highest BCUT2D eigenvalue weighted by Crippen LogP contribution is 2.25. The van der Waals surface area contributed by atoms with Gasteiger partial charge in [-0.15, -0.1) is 0 Å². The Balaban J connectivity index is 1.89. The first-order valence-electron chi connectivity index (χ1n) is 6.15. The van der Waals surface area contributed by atoms with Crippen LogP contribution in [0.4, 0.5) is 0 Å². The summed E-state index contributed by atoms with van der Waals surface area (Å²) < 4.78 is 3.29. The molecular weight excluding hydrogens is 278 g/mol. The molecule has 90 valence electrons. The summed E-state index contributed by atoms with van der Waals surface area (Å²) in [6, 6.07) is 6.26. The molecule has 3 rings (SSSR count). The van der Waals surface area contributed by atoms with Gasteiger partial charge in [0, 0.05) is 16.4 Å². The van der Waals surface area contributed by atoms with E-state index in [4.69, 9.17) is 0 Å². The lowest BCUT2D eigenvalue weighted by atomic mass is 9.98. The minimum atomic E-state index is 0.756. The highest BCUT2D eigenvalue weighted by atomic mass is 79.9. The SMILES string of the molecule is Brc1cccc2cnn(CC3CCNCC3)c12. The summed E-state index contributed by atoms with van der Waals surface area (Å²) in [6.45, 7) is 3.32.